The molecule has 1 unspecified atom stereocenters. The molecule has 0 bridgehead atoms. The van der Waals surface area contributed by atoms with E-state index in [1.807, 2.05) is 0 Å². The molecule has 1 fully saturated rings. The van der Waals surface area contributed by atoms with Crippen LogP contribution in [0.3, 0.4) is 0 Å². The summed E-state index contributed by atoms with van der Waals surface area (Å²) in [6.07, 6.45) is 4.79. The fraction of sp³-hybridized carbons (Fsp3) is 0.625. The summed E-state index contributed by atoms with van der Waals surface area (Å²) in [5, 5.41) is 0. The molecule has 0 aromatic heterocycles. The smallest absolute Gasteiger partial charge is 0.131 e. The van der Waals surface area contributed by atoms with E-state index in [0.717, 1.165) is 25.4 Å². The number of methoxy groups -OCH3 is 1. The van der Waals surface area contributed by atoms with Crippen molar-refractivity contribution in [2.45, 2.75) is 31.7 Å². The predicted molar refractivity (Wildman–Crippen MR) is 79.3 cm³/mol. The SMILES string of the molecule is COc1cccc(F)c1C(N)CCN(C)CC1CCC1. The van der Waals surface area contributed by atoms with Gasteiger partial charge in [-0.05, 0) is 50.9 Å². The van der Waals surface area contributed by atoms with Crippen molar-refractivity contribution in [2.24, 2.45) is 11.7 Å². The van der Waals surface area contributed by atoms with Gasteiger partial charge >= 0.3 is 0 Å². The Labute approximate surface area is 120 Å². The number of nitrogens with zero attached hydrogens (tertiary/aromatic N) is 1. The fourth-order valence-electron chi connectivity index (χ4n) is 2.77. The van der Waals surface area contributed by atoms with E-state index in [-0.39, 0.29) is 11.9 Å². The zero-order valence-electron chi connectivity index (χ0n) is 12.4. The van der Waals surface area contributed by atoms with Crippen molar-refractivity contribution in [3.8, 4) is 5.75 Å². The number of ether oxygens (including phenoxy) is 1. The molecule has 0 amide bonds. The first-order chi connectivity index (χ1) is 9.61. The molecular formula is C16H25FN2O. The molecule has 1 aliphatic carbocycles. The van der Waals surface area contributed by atoms with Crippen molar-refractivity contribution in [1.82, 2.24) is 4.90 Å². The lowest BCUT2D eigenvalue weighted by Gasteiger charge is -2.30. The number of rotatable bonds is 7. The lowest BCUT2D eigenvalue weighted by molar-refractivity contribution is 0.201. The Bertz CT molecular complexity index is 434. The number of halogens is 1. The lowest BCUT2D eigenvalue weighted by Crippen LogP contribution is -2.31. The van der Waals surface area contributed by atoms with Gasteiger partial charge in [-0.2, -0.15) is 0 Å². The highest BCUT2D eigenvalue weighted by molar-refractivity contribution is 5.37. The third-order valence-electron chi connectivity index (χ3n) is 4.22. The van der Waals surface area contributed by atoms with E-state index in [9.17, 15) is 4.39 Å². The highest BCUT2D eigenvalue weighted by atomic mass is 19.1. The Morgan fingerprint density at radius 2 is 2.20 bits per heavy atom. The number of nitrogens with two attached hydrogens (primary N) is 1. The summed E-state index contributed by atoms with van der Waals surface area (Å²) in [5.74, 6) is 1.11. The van der Waals surface area contributed by atoms with Gasteiger partial charge in [0.25, 0.3) is 0 Å². The summed E-state index contributed by atoms with van der Waals surface area (Å²) in [5.41, 5.74) is 6.64. The molecule has 4 heteroatoms. The summed E-state index contributed by atoms with van der Waals surface area (Å²) in [7, 11) is 3.66. The van der Waals surface area contributed by atoms with Gasteiger partial charge in [0, 0.05) is 18.2 Å². The van der Waals surface area contributed by atoms with Gasteiger partial charge in [0.1, 0.15) is 11.6 Å². The zero-order valence-corrected chi connectivity index (χ0v) is 12.4. The van der Waals surface area contributed by atoms with E-state index in [0.29, 0.717) is 11.3 Å². The molecule has 0 radical (unpaired) electrons. The van der Waals surface area contributed by atoms with Crippen LogP contribution in [0.5, 0.6) is 5.75 Å². The fourth-order valence-corrected chi connectivity index (χ4v) is 2.77. The Hall–Kier alpha value is -1.13. The van der Waals surface area contributed by atoms with Gasteiger partial charge in [0.15, 0.2) is 0 Å². The van der Waals surface area contributed by atoms with Gasteiger partial charge in [-0.15, -0.1) is 0 Å². The molecule has 1 atom stereocenters. The molecule has 2 N–H and O–H groups in total. The highest BCUT2D eigenvalue weighted by Gasteiger charge is 2.21. The summed E-state index contributed by atoms with van der Waals surface area (Å²) in [6.45, 7) is 2.01. The third kappa shape index (κ3) is 3.70. The van der Waals surface area contributed by atoms with E-state index in [4.69, 9.17) is 10.5 Å². The van der Waals surface area contributed by atoms with E-state index >= 15 is 0 Å². The average molecular weight is 280 g/mol. The molecule has 0 aliphatic heterocycles. The molecule has 1 aliphatic rings. The molecule has 1 aromatic rings. The standard InChI is InChI=1S/C16H25FN2O/c1-19(11-12-5-3-6-12)10-9-14(18)16-13(17)7-4-8-15(16)20-2/h4,7-8,12,14H,3,5-6,9-11,18H2,1-2H3. The van der Waals surface area contributed by atoms with Crippen molar-refractivity contribution < 1.29 is 9.13 Å². The molecule has 1 saturated carbocycles. The van der Waals surface area contributed by atoms with Crippen LogP contribution in [0.2, 0.25) is 0 Å². The van der Waals surface area contributed by atoms with Crippen LogP contribution in [0, 0.1) is 11.7 Å². The Morgan fingerprint density at radius 1 is 1.45 bits per heavy atom. The number of hydrogen-bond donors (Lipinski definition) is 1. The topological polar surface area (TPSA) is 38.5 Å². The van der Waals surface area contributed by atoms with E-state index in [2.05, 4.69) is 11.9 Å². The van der Waals surface area contributed by atoms with Crippen molar-refractivity contribution >= 4 is 0 Å². The second-order valence-electron chi connectivity index (χ2n) is 5.81. The molecular weight excluding hydrogens is 255 g/mol. The zero-order chi connectivity index (χ0) is 14.5. The molecule has 0 saturated heterocycles. The minimum atomic E-state index is -0.324. The molecule has 20 heavy (non-hydrogen) atoms. The van der Waals surface area contributed by atoms with Crippen LogP contribution in [-0.4, -0.2) is 32.1 Å². The summed E-state index contributed by atoms with van der Waals surface area (Å²) in [6, 6.07) is 4.52. The van der Waals surface area contributed by atoms with Gasteiger partial charge in [0.05, 0.1) is 7.11 Å². The molecule has 0 heterocycles. The van der Waals surface area contributed by atoms with E-state index in [1.165, 1.54) is 25.3 Å². The Morgan fingerprint density at radius 3 is 2.80 bits per heavy atom. The molecule has 0 spiro atoms. The van der Waals surface area contributed by atoms with Crippen LogP contribution in [0.1, 0.15) is 37.3 Å². The maximum Gasteiger partial charge on any atom is 0.131 e. The maximum atomic E-state index is 13.9. The van der Waals surface area contributed by atoms with Crippen molar-refractivity contribution in [2.75, 3.05) is 27.2 Å². The maximum absolute atomic E-state index is 13.9. The van der Waals surface area contributed by atoms with E-state index < -0.39 is 0 Å². The van der Waals surface area contributed by atoms with Crippen molar-refractivity contribution in [3.63, 3.8) is 0 Å². The first-order valence-corrected chi connectivity index (χ1v) is 7.38. The van der Waals surface area contributed by atoms with Crippen LogP contribution in [0.4, 0.5) is 4.39 Å². The van der Waals surface area contributed by atoms with Crippen LogP contribution in [-0.2, 0) is 0 Å². The van der Waals surface area contributed by atoms with Gasteiger partial charge in [-0.25, -0.2) is 4.39 Å². The average Bonchev–Trinajstić information content (AvgIpc) is 2.39. The molecule has 3 nitrogen and oxygen atoms in total. The Kier molecular flexibility index (Phi) is 5.38. The second-order valence-corrected chi connectivity index (χ2v) is 5.81. The quantitative estimate of drug-likeness (QED) is 0.834. The minimum absolute atomic E-state index is 0.279. The minimum Gasteiger partial charge on any atom is -0.496 e. The van der Waals surface area contributed by atoms with Gasteiger partial charge in [-0.1, -0.05) is 12.5 Å². The first-order valence-electron chi connectivity index (χ1n) is 7.38. The van der Waals surface area contributed by atoms with Gasteiger partial charge in [-0.3, -0.25) is 0 Å². The van der Waals surface area contributed by atoms with E-state index in [1.54, 1.807) is 19.2 Å². The number of hydrogen-bond acceptors (Lipinski definition) is 3. The van der Waals surface area contributed by atoms with Crippen molar-refractivity contribution in [3.05, 3.63) is 29.6 Å². The van der Waals surface area contributed by atoms with Crippen LogP contribution >= 0.6 is 0 Å². The normalized spacial score (nSPS) is 17.1. The van der Waals surface area contributed by atoms with Crippen molar-refractivity contribution in [1.29, 1.82) is 0 Å². The van der Waals surface area contributed by atoms with Gasteiger partial charge in [0.2, 0.25) is 0 Å². The van der Waals surface area contributed by atoms with Crippen LogP contribution in [0.25, 0.3) is 0 Å². The lowest BCUT2D eigenvalue weighted by atomic mass is 9.85. The summed E-state index contributed by atoms with van der Waals surface area (Å²) >= 11 is 0. The summed E-state index contributed by atoms with van der Waals surface area (Å²) in [4.78, 5) is 2.30. The molecule has 112 valence electrons. The predicted octanol–water partition coefficient (Wildman–Crippen LogP) is 2.96. The number of benzene rings is 1. The monoisotopic (exact) mass is 280 g/mol. The largest absolute Gasteiger partial charge is 0.496 e. The molecule has 1 aromatic carbocycles. The second kappa shape index (κ2) is 7.04. The highest BCUT2D eigenvalue weighted by Crippen LogP contribution is 2.29. The first kappa shape index (κ1) is 15.3. The Balaban J connectivity index is 1.89. The van der Waals surface area contributed by atoms with Crippen LogP contribution < -0.4 is 10.5 Å². The third-order valence-corrected chi connectivity index (χ3v) is 4.22. The van der Waals surface area contributed by atoms with Crippen LogP contribution in [0.15, 0.2) is 18.2 Å². The molecule has 2 rings (SSSR count). The summed E-state index contributed by atoms with van der Waals surface area (Å²) < 4.78 is 19.1. The van der Waals surface area contributed by atoms with Gasteiger partial charge < -0.3 is 15.4 Å².